The van der Waals surface area contributed by atoms with Crippen molar-refractivity contribution in [1.29, 1.82) is 0 Å². The third-order valence-corrected chi connectivity index (χ3v) is 4.93. The van der Waals surface area contributed by atoms with E-state index in [0.717, 1.165) is 47.8 Å². The van der Waals surface area contributed by atoms with Gasteiger partial charge in [0.25, 0.3) is 0 Å². The number of nitrogens with one attached hydrogen (secondary N) is 1. The molecule has 1 unspecified atom stereocenters. The summed E-state index contributed by atoms with van der Waals surface area (Å²) < 4.78 is 20.1. The fraction of sp³-hybridized carbons (Fsp3) is 0.273. The number of benzene rings is 2. The Morgan fingerprint density at radius 3 is 2.74 bits per heavy atom. The molecule has 0 saturated carbocycles. The Kier molecular flexibility index (Phi) is 5.01. The molecule has 0 amide bonds. The van der Waals surface area contributed by atoms with Gasteiger partial charge in [-0.2, -0.15) is 0 Å². The predicted molar refractivity (Wildman–Crippen MR) is 104 cm³/mol. The number of aromatic nitrogens is 1. The number of rotatable bonds is 5. The molecule has 1 aromatic heterocycles. The van der Waals surface area contributed by atoms with E-state index in [1.165, 1.54) is 0 Å². The fourth-order valence-electron chi connectivity index (χ4n) is 3.31. The van der Waals surface area contributed by atoms with Crippen molar-refractivity contribution < 1.29 is 8.91 Å². The third-order valence-electron chi connectivity index (χ3n) is 4.93. The highest BCUT2D eigenvalue weighted by Crippen LogP contribution is 2.29. The van der Waals surface area contributed by atoms with Gasteiger partial charge in [-0.1, -0.05) is 54.5 Å². The second-order valence-electron chi connectivity index (χ2n) is 6.83. The lowest BCUT2D eigenvalue weighted by Crippen LogP contribution is -2.20. The van der Waals surface area contributed by atoms with Gasteiger partial charge in [0.05, 0.1) is 12.4 Å². The van der Waals surface area contributed by atoms with Gasteiger partial charge in [-0.3, -0.25) is 4.99 Å². The Morgan fingerprint density at radius 1 is 1.15 bits per heavy atom. The molecular formula is C22H22FN3O. The molecule has 1 N–H and O–H groups in total. The molecule has 4 rings (SSSR count). The average molecular weight is 363 g/mol. The van der Waals surface area contributed by atoms with Crippen molar-refractivity contribution in [3.63, 3.8) is 0 Å². The van der Waals surface area contributed by atoms with Crippen LogP contribution in [0.5, 0.6) is 0 Å². The van der Waals surface area contributed by atoms with Crippen LogP contribution in [-0.4, -0.2) is 17.5 Å². The first-order valence-electron chi connectivity index (χ1n) is 9.28. The lowest BCUT2D eigenvalue weighted by molar-refractivity contribution is 0.369. The summed E-state index contributed by atoms with van der Waals surface area (Å²) in [4.78, 5) is 4.39. The zero-order valence-corrected chi connectivity index (χ0v) is 15.3. The molecule has 1 aliphatic heterocycles. The SMILES string of the molecule is CC(c1ccc(-c2ccccc2)c(F)c1)c1cc(CNC2=NCCC2)no1. The highest BCUT2D eigenvalue weighted by Gasteiger charge is 2.17. The summed E-state index contributed by atoms with van der Waals surface area (Å²) in [5.41, 5.74) is 3.17. The zero-order chi connectivity index (χ0) is 18.6. The molecule has 1 aliphatic rings. The number of amidine groups is 1. The maximum Gasteiger partial charge on any atom is 0.144 e. The Bertz CT molecular complexity index is 949. The zero-order valence-electron chi connectivity index (χ0n) is 15.3. The second kappa shape index (κ2) is 7.74. The number of hydrogen-bond donors (Lipinski definition) is 1. The van der Waals surface area contributed by atoms with Crippen LogP contribution < -0.4 is 5.32 Å². The smallest absolute Gasteiger partial charge is 0.144 e. The molecule has 0 aliphatic carbocycles. The Balaban J connectivity index is 1.48. The van der Waals surface area contributed by atoms with Crippen molar-refractivity contribution in [2.45, 2.75) is 32.2 Å². The summed E-state index contributed by atoms with van der Waals surface area (Å²) in [6.45, 7) is 3.49. The van der Waals surface area contributed by atoms with Gasteiger partial charge in [-0.05, 0) is 23.6 Å². The average Bonchev–Trinajstić information content (AvgIpc) is 3.38. The van der Waals surface area contributed by atoms with Crippen LogP contribution in [0.15, 0.2) is 64.1 Å². The van der Waals surface area contributed by atoms with Gasteiger partial charge in [-0.15, -0.1) is 0 Å². The van der Waals surface area contributed by atoms with Gasteiger partial charge < -0.3 is 9.84 Å². The van der Waals surface area contributed by atoms with Gasteiger partial charge in [-0.25, -0.2) is 4.39 Å². The molecular weight excluding hydrogens is 341 g/mol. The second-order valence-corrected chi connectivity index (χ2v) is 6.83. The normalized spacial score (nSPS) is 14.8. The summed E-state index contributed by atoms with van der Waals surface area (Å²) in [7, 11) is 0. The molecule has 5 heteroatoms. The number of nitrogens with zero attached hydrogens (tertiary/aromatic N) is 2. The summed E-state index contributed by atoms with van der Waals surface area (Å²) in [5, 5.41) is 7.42. The van der Waals surface area contributed by atoms with Gasteiger partial charge in [0.15, 0.2) is 0 Å². The maximum absolute atomic E-state index is 14.6. The van der Waals surface area contributed by atoms with Crippen LogP contribution in [0.1, 0.15) is 42.7 Å². The van der Waals surface area contributed by atoms with Gasteiger partial charge in [0.1, 0.15) is 17.3 Å². The molecule has 0 spiro atoms. The summed E-state index contributed by atoms with van der Waals surface area (Å²) in [5.74, 6) is 1.46. The summed E-state index contributed by atoms with van der Waals surface area (Å²) >= 11 is 0. The van der Waals surface area contributed by atoms with Gasteiger partial charge in [0.2, 0.25) is 0 Å². The maximum atomic E-state index is 14.6. The number of halogens is 1. The first-order chi connectivity index (χ1) is 13.2. The largest absolute Gasteiger partial charge is 0.368 e. The predicted octanol–water partition coefficient (Wildman–Crippen LogP) is 4.91. The van der Waals surface area contributed by atoms with E-state index in [4.69, 9.17) is 4.52 Å². The highest BCUT2D eigenvalue weighted by molar-refractivity contribution is 5.83. The first-order valence-corrected chi connectivity index (χ1v) is 9.28. The monoisotopic (exact) mass is 363 g/mol. The van der Waals surface area contributed by atoms with E-state index in [1.54, 1.807) is 6.07 Å². The van der Waals surface area contributed by atoms with Crippen LogP contribution in [0.2, 0.25) is 0 Å². The van der Waals surface area contributed by atoms with E-state index in [0.29, 0.717) is 12.1 Å². The lowest BCUT2D eigenvalue weighted by atomic mass is 9.95. The quantitative estimate of drug-likeness (QED) is 0.700. The minimum absolute atomic E-state index is 0.0746. The molecule has 3 aromatic rings. The minimum atomic E-state index is -0.230. The lowest BCUT2D eigenvalue weighted by Gasteiger charge is -2.10. The number of hydrogen-bond acceptors (Lipinski definition) is 4. The van der Waals surface area contributed by atoms with Crippen molar-refractivity contribution in [1.82, 2.24) is 10.5 Å². The summed E-state index contributed by atoms with van der Waals surface area (Å²) in [6.07, 6.45) is 2.10. The van der Waals surface area contributed by atoms with E-state index in [1.807, 2.05) is 55.5 Å². The minimum Gasteiger partial charge on any atom is -0.368 e. The van der Waals surface area contributed by atoms with Crippen LogP contribution in [0, 0.1) is 5.82 Å². The van der Waals surface area contributed by atoms with E-state index >= 15 is 0 Å². The highest BCUT2D eigenvalue weighted by atomic mass is 19.1. The molecule has 0 fully saturated rings. The number of aliphatic imine (C=N–C) groups is 1. The molecule has 27 heavy (non-hydrogen) atoms. The van der Waals surface area contributed by atoms with E-state index in [9.17, 15) is 4.39 Å². The Hall–Kier alpha value is -2.95. The van der Waals surface area contributed by atoms with E-state index in [2.05, 4.69) is 15.5 Å². The van der Waals surface area contributed by atoms with Crippen molar-refractivity contribution >= 4 is 5.84 Å². The van der Waals surface area contributed by atoms with Crippen LogP contribution >= 0.6 is 0 Å². The topological polar surface area (TPSA) is 50.4 Å². The van der Waals surface area contributed by atoms with Crippen LogP contribution in [-0.2, 0) is 6.54 Å². The first kappa shape index (κ1) is 17.5. The summed E-state index contributed by atoms with van der Waals surface area (Å²) in [6, 6.07) is 16.8. The molecule has 2 aromatic carbocycles. The van der Waals surface area contributed by atoms with Crippen LogP contribution in [0.3, 0.4) is 0 Å². The molecule has 138 valence electrons. The van der Waals surface area contributed by atoms with Crippen LogP contribution in [0.4, 0.5) is 4.39 Å². The van der Waals surface area contributed by atoms with E-state index in [-0.39, 0.29) is 11.7 Å². The molecule has 0 bridgehead atoms. The van der Waals surface area contributed by atoms with Crippen LogP contribution in [0.25, 0.3) is 11.1 Å². The molecule has 4 nitrogen and oxygen atoms in total. The third kappa shape index (κ3) is 3.92. The molecule has 2 heterocycles. The van der Waals surface area contributed by atoms with Crippen molar-refractivity contribution in [3.8, 4) is 11.1 Å². The standard InChI is InChI=1S/C22H22FN3O/c1-15(21-13-18(26-27-21)14-25-22-8-5-11-24-22)17-9-10-19(20(23)12-17)16-6-3-2-4-7-16/h2-4,6-7,9-10,12-13,15H,5,8,11,14H2,1H3,(H,24,25). The molecule has 0 saturated heterocycles. The van der Waals surface area contributed by atoms with E-state index < -0.39 is 0 Å². The van der Waals surface area contributed by atoms with Gasteiger partial charge in [0, 0.05) is 30.5 Å². The molecule has 1 atom stereocenters. The Labute approximate surface area is 158 Å². The van der Waals surface area contributed by atoms with Crippen molar-refractivity contribution in [3.05, 3.63) is 77.4 Å². The van der Waals surface area contributed by atoms with Crippen molar-refractivity contribution in [2.75, 3.05) is 6.54 Å². The van der Waals surface area contributed by atoms with Crippen molar-refractivity contribution in [2.24, 2.45) is 4.99 Å². The Morgan fingerprint density at radius 2 is 2.00 bits per heavy atom. The molecule has 0 radical (unpaired) electrons. The fourth-order valence-corrected chi connectivity index (χ4v) is 3.31. The van der Waals surface area contributed by atoms with Gasteiger partial charge >= 0.3 is 0 Å².